The fourth-order valence-corrected chi connectivity index (χ4v) is 6.33. The van der Waals surface area contributed by atoms with Crippen LogP contribution in [0.15, 0.2) is 59.5 Å². The number of sulfonamides is 1. The quantitative estimate of drug-likeness (QED) is 0.258. The number of hydrogen-bond donors (Lipinski definition) is 0. The highest BCUT2D eigenvalue weighted by Crippen LogP contribution is 2.25. The number of hydrogen-bond acceptors (Lipinski definition) is 5. The van der Waals surface area contributed by atoms with Gasteiger partial charge in [-0.15, -0.1) is 0 Å². The molecule has 0 fully saturated rings. The first kappa shape index (κ1) is 29.2. The Morgan fingerprint density at radius 3 is 2.11 bits per heavy atom. The van der Waals surface area contributed by atoms with Crippen LogP contribution >= 0.6 is 12.2 Å². The first-order valence-corrected chi connectivity index (χ1v) is 15.0. The lowest BCUT2D eigenvalue weighted by Crippen LogP contribution is -2.33. The highest BCUT2D eigenvalue weighted by molar-refractivity contribution is 7.89. The smallest absolute Gasteiger partial charge is 0.243 e. The van der Waals surface area contributed by atoms with Crippen LogP contribution in [0.25, 0.3) is 11.4 Å². The number of nitrogens with zero attached hydrogens (tertiary/aromatic N) is 5. The lowest BCUT2D eigenvalue weighted by molar-refractivity contribution is 0.164. The van der Waals surface area contributed by atoms with Crippen LogP contribution in [0.1, 0.15) is 47.1 Å². The van der Waals surface area contributed by atoms with Gasteiger partial charge in [-0.05, 0) is 41.7 Å². The Kier molecular flexibility index (Phi) is 10.2. The van der Waals surface area contributed by atoms with Gasteiger partial charge in [0.2, 0.25) is 10.0 Å². The Balaban J connectivity index is 2.11. The minimum absolute atomic E-state index is 0.265. The van der Waals surface area contributed by atoms with E-state index < -0.39 is 10.0 Å². The summed E-state index contributed by atoms with van der Waals surface area (Å²) in [6, 6.07) is 17.2. The number of benzene rings is 2. The molecule has 0 unspecified atom stereocenters. The monoisotopic (exact) mass is 543 g/mol. The van der Waals surface area contributed by atoms with Crippen molar-refractivity contribution in [2.75, 3.05) is 26.2 Å². The molecular formula is C28H41N5O2S2. The number of aromatic nitrogens is 3. The van der Waals surface area contributed by atoms with Gasteiger partial charge < -0.3 is 0 Å². The molecule has 0 atom stereocenters. The van der Waals surface area contributed by atoms with E-state index in [9.17, 15) is 8.42 Å². The van der Waals surface area contributed by atoms with E-state index in [4.69, 9.17) is 17.3 Å². The van der Waals surface area contributed by atoms with Gasteiger partial charge in [0, 0.05) is 31.7 Å². The molecule has 3 aromatic rings. The lowest BCUT2D eigenvalue weighted by atomic mass is 10.1. The highest BCUT2D eigenvalue weighted by Gasteiger charge is 2.23. The van der Waals surface area contributed by atoms with Crippen molar-refractivity contribution in [3.8, 4) is 11.4 Å². The van der Waals surface area contributed by atoms with Crippen LogP contribution in [0.4, 0.5) is 0 Å². The maximum atomic E-state index is 13.2. The summed E-state index contributed by atoms with van der Waals surface area (Å²) in [4.78, 5) is 2.65. The molecule has 3 rings (SSSR count). The summed E-state index contributed by atoms with van der Waals surface area (Å²) in [7, 11) is -3.60. The first-order chi connectivity index (χ1) is 17.6. The Morgan fingerprint density at radius 2 is 1.54 bits per heavy atom. The van der Waals surface area contributed by atoms with Crippen molar-refractivity contribution in [3.63, 3.8) is 0 Å². The maximum Gasteiger partial charge on any atom is 0.243 e. The summed E-state index contributed by atoms with van der Waals surface area (Å²) in [5.41, 5.74) is 1.83. The second-order valence-corrected chi connectivity index (χ2v) is 12.6. The number of rotatable bonds is 13. The van der Waals surface area contributed by atoms with Crippen LogP contribution in [0.5, 0.6) is 0 Å². The van der Waals surface area contributed by atoms with E-state index in [0.29, 0.717) is 48.7 Å². The molecule has 1 aromatic heterocycles. The van der Waals surface area contributed by atoms with E-state index >= 15 is 0 Å². The average Bonchev–Trinajstić information content (AvgIpc) is 3.14. The fraction of sp³-hybridized carbons (Fsp3) is 0.500. The molecule has 2 aromatic carbocycles. The van der Waals surface area contributed by atoms with E-state index in [1.54, 1.807) is 18.2 Å². The largest absolute Gasteiger partial charge is 0.295 e. The van der Waals surface area contributed by atoms with Gasteiger partial charge in [-0.2, -0.15) is 9.40 Å². The van der Waals surface area contributed by atoms with E-state index in [1.807, 2.05) is 47.4 Å². The van der Waals surface area contributed by atoms with Gasteiger partial charge in [-0.25, -0.2) is 13.1 Å². The lowest BCUT2D eigenvalue weighted by Gasteiger charge is -2.25. The molecular weight excluding hydrogens is 502 g/mol. The Hall–Kier alpha value is -2.33. The summed E-state index contributed by atoms with van der Waals surface area (Å²) < 4.78 is 32.5. The molecule has 0 radical (unpaired) electrons. The van der Waals surface area contributed by atoms with E-state index in [1.165, 1.54) is 4.31 Å². The predicted molar refractivity (Wildman–Crippen MR) is 153 cm³/mol. The Bertz CT molecular complexity index is 1300. The predicted octanol–water partition coefficient (Wildman–Crippen LogP) is 5.73. The van der Waals surface area contributed by atoms with Gasteiger partial charge in [-0.1, -0.05) is 84.0 Å². The zero-order valence-corrected chi connectivity index (χ0v) is 24.6. The van der Waals surface area contributed by atoms with Gasteiger partial charge in [0.1, 0.15) is 0 Å². The van der Waals surface area contributed by atoms with Gasteiger partial charge >= 0.3 is 0 Å². The van der Waals surface area contributed by atoms with Crippen LogP contribution < -0.4 is 0 Å². The van der Waals surface area contributed by atoms with Gasteiger partial charge in [0.05, 0.1) is 18.1 Å². The molecule has 0 N–H and O–H groups in total. The zero-order chi connectivity index (χ0) is 27.2. The molecule has 0 aliphatic heterocycles. The van der Waals surface area contributed by atoms with Crippen LogP contribution in [-0.2, 0) is 23.2 Å². The van der Waals surface area contributed by atoms with Gasteiger partial charge in [-0.3, -0.25) is 9.47 Å². The van der Waals surface area contributed by atoms with Crippen molar-refractivity contribution < 1.29 is 8.42 Å². The second-order valence-electron chi connectivity index (χ2n) is 10.3. The second kappa shape index (κ2) is 13.0. The molecule has 37 heavy (non-hydrogen) atoms. The van der Waals surface area contributed by atoms with Crippen LogP contribution in [-0.4, -0.2) is 58.1 Å². The summed E-state index contributed by atoms with van der Waals surface area (Å²) in [5.74, 6) is 1.70. The van der Waals surface area contributed by atoms with E-state index in [0.717, 1.165) is 24.2 Å². The highest BCUT2D eigenvalue weighted by atomic mass is 32.2. The van der Waals surface area contributed by atoms with Crippen molar-refractivity contribution in [2.45, 2.75) is 59.7 Å². The SMILES string of the molecule is CCN(CC)S(=O)(=O)c1cccc(-c2nn(CN(CC(C)C)CC(C)C)c(=S)n2Cc2ccccc2)c1. The molecule has 0 aliphatic rings. The van der Waals surface area contributed by atoms with Crippen molar-refractivity contribution >= 4 is 22.2 Å². The third-order valence-corrected chi connectivity index (χ3v) is 8.60. The molecule has 9 heteroatoms. The van der Waals surface area contributed by atoms with Crippen molar-refractivity contribution in [2.24, 2.45) is 11.8 Å². The molecule has 0 spiro atoms. The van der Waals surface area contributed by atoms with E-state index in [-0.39, 0.29) is 4.90 Å². The van der Waals surface area contributed by atoms with Crippen molar-refractivity contribution in [1.29, 1.82) is 0 Å². The summed E-state index contributed by atoms with van der Waals surface area (Å²) in [5, 5.41) is 4.96. The molecule has 7 nitrogen and oxygen atoms in total. The Morgan fingerprint density at radius 1 is 0.919 bits per heavy atom. The molecule has 202 valence electrons. The van der Waals surface area contributed by atoms with E-state index in [2.05, 4.69) is 44.7 Å². The molecule has 0 aliphatic carbocycles. The molecule has 1 heterocycles. The van der Waals surface area contributed by atoms with Crippen molar-refractivity contribution in [1.82, 2.24) is 23.6 Å². The summed E-state index contributed by atoms with van der Waals surface area (Å²) >= 11 is 5.95. The van der Waals surface area contributed by atoms with Gasteiger partial charge in [0.15, 0.2) is 10.6 Å². The minimum Gasteiger partial charge on any atom is -0.295 e. The summed E-state index contributed by atoms with van der Waals surface area (Å²) in [6.07, 6.45) is 0. The Labute approximate surface area is 227 Å². The van der Waals surface area contributed by atoms with Gasteiger partial charge in [0.25, 0.3) is 0 Å². The third-order valence-electron chi connectivity index (χ3n) is 6.12. The standard InChI is InChI=1S/C28H41N5O2S2/c1-7-31(8-2)37(34,35)26-16-12-15-25(17-26)27-29-33(21-30(18-22(3)4)19-23(5)6)28(36)32(27)20-24-13-10-9-11-14-24/h9-17,22-23H,7-8,18-21H2,1-6H3. The molecule has 0 amide bonds. The average molecular weight is 544 g/mol. The van der Waals surface area contributed by atoms with Crippen molar-refractivity contribution in [3.05, 3.63) is 64.9 Å². The topological polar surface area (TPSA) is 63.4 Å². The third kappa shape index (κ3) is 7.37. The van der Waals surface area contributed by atoms with Crippen LogP contribution in [0.2, 0.25) is 0 Å². The van der Waals surface area contributed by atoms with Crippen LogP contribution in [0, 0.1) is 16.6 Å². The molecule has 0 bridgehead atoms. The summed E-state index contributed by atoms with van der Waals surface area (Å²) in [6.45, 7) is 16.4. The fourth-order valence-electron chi connectivity index (χ4n) is 4.58. The first-order valence-electron chi connectivity index (χ1n) is 13.1. The minimum atomic E-state index is -3.60. The molecule has 0 saturated heterocycles. The van der Waals surface area contributed by atoms with Crippen LogP contribution in [0.3, 0.4) is 0 Å². The molecule has 0 saturated carbocycles. The normalized spacial score (nSPS) is 12.4. The maximum absolute atomic E-state index is 13.2. The zero-order valence-electron chi connectivity index (χ0n) is 23.0.